The van der Waals surface area contributed by atoms with Gasteiger partial charge in [0.15, 0.2) is 11.6 Å². The molecule has 7 nitrogen and oxygen atoms in total. The van der Waals surface area contributed by atoms with Gasteiger partial charge in [-0.1, -0.05) is 35.9 Å². The standard InChI is InChI=1S/C19H18ClN5O2/c20-18-10-23-19(11-22-18)25-12-15(8-24-25)16(26)7-13-1-3-14(4-2-13)17-9-21-5-6-27-17/h1-4,8,10-12,17,21H,5-7,9H2/t17-/m1/s1. The number of carbonyl (C=O) groups is 1. The maximum atomic E-state index is 12.6. The van der Waals surface area contributed by atoms with Crippen molar-refractivity contribution in [3.05, 3.63) is 70.9 Å². The number of carbonyl (C=O) groups excluding carboxylic acids is 1. The predicted octanol–water partition coefficient (Wildman–Crippen LogP) is 2.40. The van der Waals surface area contributed by atoms with Crippen LogP contribution in [0.2, 0.25) is 5.15 Å². The fourth-order valence-corrected chi connectivity index (χ4v) is 3.03. The lowest BCUT2D eigenvalue weighted by molar-refractivity contribution is 0.0277. The summed E-state index contributed by atoms with van der Waals surface area (Å²) in [5.41, 5.74) is 2.59. The lowest BCUT2D eigenvalue weighted by atomic mass is 10.0. The van der Waals surface area contributed by atoms with Crippen molar-refractivity contribution in [3.8, 4) is 5.82 Å². The second kappa shape index (κ2) is 7.96. The number of hydrogen-bond acceptors (Lipinski definition) is 6. The molecule has 0 amide bonds. The van der Waals surface area contributed by atoms with Crippen molar-refractivity contribution in [1.29, 1.82) is 0 Å². The molecule has 3 aromatic rings. The number of halogens is 1. The molecule has 1 N–H and O–H groups in total. The maximum Gasteiger partial charge on any atom is 0.171 e. The largest absolute Gasteiger partial charge is 0.371 e. The summed E-state index contributed by atoms with van der Waals surface area (Å²) in [6.07, 6.45) is 6.51. The highest BCUT2D eigenvalue weighted by Crippen LogP contribution is 2.20. The average molecular weight is 384 g/mol. The van der Waals surface area contributed by atoms with Gasteiger partial charge in [-0.25, -0.2) is 14.6 Å². The van der Waals surface area contributed by atoms with Crippen LogP contribution in [0.4, 0.5) is 0 Å². The summed E-state index contributed by atoms with van der Waals surface area (Å²) in [5.74, 6) is 0.496. The Labute approximate surface area is 161 Å². The molecule has 0 saturated carbocycles. The highest BCUT2D eigenvalue weighted by molar-refractivity contribution is 6.29. The zero-order valence-electron chi connectivity index (χ0n) is 14.5. The fraction of sp³-hybridized carbons (Fsp3) is 0.263. The van der Waals surface area contributed by atoms with Crippen LogP contribution in [0.5, 0.6) is 0 Å². The Hall–Kier alpha value is -2.61. The van der Waals surface area contributed by atoms with Crippen LogP contribution in [-0.4, -0.2) is 45.2 Å². The summed E-state index contributed by atoms with van der Waals surface area (Å²) in [4.78, 5) is 20.7. The Balaban J connectivity index is 1.42. The molecule has 3 heterocycles. The van der Waals surface area contributed by atoms with Gasteiger partial charge in [-0.2, -0.15) is 5.10 Å². The van der Waals surface area contributed by atoms with E-state index >= 15 is 0 Å². The third-order valence-corrected chi connectivity index (χ3v) is 4.58. The van der Waals surface area contributed by atoms with Gasteiger partial charge in [0, 0.05) is 25.7 Å². The van der Waals surface area contributed by atoms with Crippen LogP contribution < -0.4 is 5.32 Å². The van der Waals surface area contributed by atoms with Crippen molar-refractivity contribution < 1.29 is 9.53 Å². The molecule has 0 aliphatic carbocycles. The Morgan fingerprint density at radius 1 is 1.22 bits per heavy atom. The fourth-order valence-electron chi connectivity index (χ4n) is 2.93. The Kier molecular flexibility index (Phi) is 5.24. The van der Waals surface area contributed by atoms with Crippen LogP contribution in [-0.2, 0) is 11.2 Å². The summed E-state index contributed by atoms with van der Waals surface area (Å²) in [7, 11) is 0. The molecule has 0 bridgehead atoms. The van der Waals surface area contributed by atoms with E-state index in [4.69, 9.17) is 16.3 Å². The summed E-state index contributed by atoms with van der Waals surface area (Å²) in [5, 5.41) is 7.80. The van der Waals surface area contributed by atoms with E-state index in [9.17, 15) is 4.79 Å². The van der Waals surface area contributed by atoms with Crippen LogP contribution in [0, 0.1) is 0 Å². The minimum Gasteiger partial charge on any atom is -0.371 e. The number of nitrogens with zero attached hydrogens (tertiary/aromatic N) is 4. The van der Waals surface area contributed by atoms with Gasteiger partial charge < -0.3 is 10.1 Å². The van der Waals surface area contributed by atoms with E-state index in [1.807, 2.05) is 24.3 Å². The SMILES string of the molecule is O=C(Cc1ccc([C@H]2CNCCO2)cc1)c1cnn(-c2cnc(Cl)cn2)c1. The van der Waals surface area contributed by atoms with Crippen molar-refractivity contribution in [2.24, 2.45) is 0 Å². The molecule has 27 heavy (non-hydrogen) atoms. The number of nitrogens with one attached hydrogen (secondary N) is 1. The van der Waals surface area contributed by atoms with Crippen molar-refractivity contribution in [3.63, 3.8) is 0 Å². The van der Waals surface area contributed by atoms with Crippen LogP contribution >= 0.6 is 11.6 Å². The van der Waals surface area contributed by atoms with E-state index in [-0.39, 0.29) is 11.9 Å². The van der Waals surface area contributed by atoms with Crippen LogP contribution in [0.3, 0.4) is 0 Å². The first-order valence-corrected chi connectivity index (χ1v) is 9.04. The summed E-state index contributed by atoms with van der Waals surface area (Å²) >= 11 is 5.74. The van der Waals surface area contributed by atoms with Gasteiger partial charge in [0.05, 0.1) is 36.9 Å². The second-order valence-corrected chi connectivity index (χ2v) is 6.66. The first kappa shape index (κ1) is 17.8. The van der Waals surface area contributed by atoms with E-state index in [1.165, 1.54) is 23.3 Å². The lowest BCUT2D eigenvalue weighted by Crippen LogP contribution is -2.33. The molecule has 138 valence electrons. The number of aromatic nitrogens is 4. The molecule has 1 atom stereocenters. The van der Waals surface area contributed by atoms with Gasteiger partial charge in [0.25, 0.3) is 0 Å². The monoisotopic (exact) mass is 383 g/mol. The summed E-state index contributed by atoms with van der Waals surface area (Å²) in [6.45, 7) is 2.41. The van der Waals surface area contributed by atoms with Crippen LogP contribution in [0.15, 0.2) is 49.1 Å². The van der Waals surface area contributed by atoms with Gasteiger partial charge in [-0.3, -0.25) is 4.79 Å². The Morgan fingerprint density at radius 2 is 2.07 bits per heavy atom. The Morgan fingerprint density at radius 3 is 2.78 bits per heavy atom. The highest BCUT2D eigenvalue weighted by atomic mass is 35.5. The Bertz CT molecular complexity index is 918. The molecule has 0 unspecified atom stereocenters. The quantitative estimate of drug-likeness (QED) is 0.681. The zero-order chi connectivity index (χ0) is 18.6. The molecule has 0 radical (unpaired) electrons. The van der Waals surface area contributed by atoms with Crippen LogP contribution in [0.25, 0.3) is 5.82 Å². The van der Waals surface area contributed by atoms with E-state index < -0.39 is 0 Å². The van der Waals surface area contributed by atoms with Gasteiger partial charge >= 0.3 is 0 Å². The van der Waals surface area contributed by atoms with E-state index in [0.717, 1.165) is 24.2 Å². The highest BCUT2D eigenvalue weighted by Gasteiger charge is 2.16. The van der Waals surface area contributed by atoms with Gasteiger partial charge in [-0.05, 0) is 11.1 Å². The summed E-state index contributed by atoms with van der Waals surface area (Å²) < 4.78 is 7.25. The van der Waals surface area contributed by atoms with Crippen molar-refractivity contribution in [2.45, 2.75) is 12.5 Å². The molecule has 1 aliphatic heterocycles. The lowest BCUT2D eigenvalue weighted by Gasteiger charge is -2.24. The minimum atomic E-state index is -0.00787. The average Bonchev–Trinajstić information content (AvgIpc) is 3.20. The van der Waals surface area contributed by atoms with Gasteiger partial charge in [0.1, 0.15) is 5.15 Å². The molecule has 4 rings (SSSR count). The molecule has 0 spiro atoms. The first-order valence-electron chi connectivity index (χ1n) is 8.66. The minimum absolute atomic E-state index is 0.00787. The van der Waals surface area contributed by atoms with E-state index in [1.54, 1.807) is 6.20 Å². The first-order chi connectivity index (χ1) is 13.2. The van der Waals surface area contributed by atoms with Crippen molar-refractivity contribution in [2.75, 3.05) is 19.7 Å². The summed E-state index contributed by atoms with van der Waals surface area (Å²) in [6, 6.07) is 7.99. The number of ketones is 1. The number of hydrogen-bond donors (Lipinski definition) is 1. The molecular formula is C19H18ClN5O2. The number of benzene rings is 1. The molecule has 8 heteroatoms. The van der Waals surface area contributed by atoms with E-state index in [0.29, 0.717) is 29.6 Å². The number of ether oxygens (including phenoxy) is 1. The number of rotatable bonds is 5. The van der Waals surface area contributed by atoms with Crippen LogP contribution in [0.1, 0.15) is 27.6 Å². The van der Waals surface area contributed by atoms with E-state index in [2.05, 4.69) is 20.4 Å². The molecular weight excluding hydrogens is 366 g/mol. The predicted molar refractivity (Wildman–Crippen MR) is 100 cm³/mol. The maximum absolute atomic E-state index is 12.6. The molecule has 1 fully saturated rings. The normalized spacial score (nSPS) is 17.0. The molecule has 2 aromatic heterocycles. The zero-order valence-corrected chi connectivity index (χ0v) is 15.3. The van der Waals surface area contributed by atoms with Gasteiger partial charge in [-0.15, -0.1) is 0 Å². The third-order valence-electron chi connectivity index (χ3n) is 4.39. The molecule has 1 aliphatic rings. The number of morpholine rings is 1. The van der Waals surface area contributed by atoms with Crippen molar-refractivity contribution >= 4 is 17.4 Å². The number of Topliss-reactive ketones (excluding diaryl/α,β-unsaturated/α-hetero) is 1. The third kappa shape index (κ3) is 4.21. The molecule has 1 saturated heterocycles. The smallest absolute Gasteiger partial charge is 0.171 e. The topological polar surface area (TPSA) is 81.9 Å². The molecule has 1 aromatic carbocycles. The second-order valence-electron chi connectivity index (χ2n) is 6.28. The van der Waals surface area contributed by atoms with Crippen molar-refractivity contribution in [1.82, 2.24) is 25.1 Å². The van der Waals surface area contributed by atoms with Gasteiger partial charge in [0.2, 0.25) is 0 Å².